The van der Waals surface area contributed by atoms with Gasteiger partial charge in [0.1, 0.15) is 0 Å². The van der Waals surface area contributed by atoms with Crippen LogP contribution >= 0.6 is 11.6 Å². The molecular formula is C21H19ClN2O4. The summed E-state index contributed by atoms with van der Waals surface area (Å²) < 4.78 is 10.6. The van der Waals surface area contributed by atoms with Crippen molar-refractivity contribution in [2.75, 3.05) is 24.8 Å². The van der Waals surface area contributed by atoms with Crippen LogP contribution in [-0.4, -0.2) is 31.7 Å². The summed E-state index contributed by atoms with van der Waals surface area (Å²) in [4.78, 5) is 26.1. The molecule has 0 radical (unpaired) electrons. The highest BCUT2D eigenvalue weighted by Crippen LogP contribution is 2.32. The van der Waals surface area contributed by atoms with Gasteiger partial charge < -0.3 is 19.7 Å². The zero-order valence-electron chi connectivity index (χ0n) is 15.1. The van der Waals surface area contributed by atoms with Crippen LogP contribution in [-0.2, 0) is 9.59 Å². The number of rotatable bonds is 5. The fraction of sp³-hybridized carbons (Fsp3) is 0.238. The van der Waals surface area contributed by atoms with E-state index < -0.39 is 0 Å². The molecular weight excluding hydrogens is 380 g/mol. The highest BCUT2D eigenvalue weighted by molar-refractivity contribution is 6.30. The molecule has 1 unspecified atom stereocenters. The van der Waals surface area contributed by atoms with Gasteiger partial charge in [0.15, 0.2) is 11.5 Å². The topological polar surface area (TPSA) is 67.9 Å². The van der Waals surface area contributed by atoms with Crippen LogP contribution in [0.15, 0.2) is 48.5 Å². The number of halogens is 1. The molecule has 2 amide bonds. The van der Waals surface area contributed by atoms with Crippen LogP contribution in [0.1, 0.15) is 12.0 Å². The second-order valence-corrected chi connectivity index (χ2v) is 7.18. The van der Waals surface area contributed by atoms with Gasteiger partial charge in [-0.05, 0) is 48.0 Å². The van der Waals surface area contributed by atoms with Crippen LogP contribution in [0.2, 0.25) is 5.02 Å². The predicted octanol–water partition coefficient (Wildman–Crippen LogP) is 3.25. The fourth-order valence-corrected chi connectivity index (χ4v) is 3.41. The minimum Gasteiger partial charge on any atom is -0.454 e. The average Bonchev–Trinajstić information content (AvgIpc) is 3.31. The van der Waals surface area contributed by atoms with Gasteiger partial charge in [0.05, 0.1) is 0 Å². The van der Waals surface area contributed by atoms with E-state index in [0.29, 0.717) is 36.0 Å². The van der Waals surface area contributed by atoms with Crippen molar-refractivity contribution in [3.63, 3.8) is 0 Å². The van der Waals surface area contributed by atoms with Gasteiger partial charge >= 0.3 is 0 Å². The molecule has 1 fully saturated rings. The van der Waals surface area contributed by atoms with Gasteiger partial charge in [-0.15, -0.1) is 0 Å². The van der Waals surface area contributed by atoms with Gasteiger partial charge in [-0.1, -0.05) is 17.7 Å². The first-order valence-electron chi connectivity index (χ1n) is 9.00. The van der Waals surface area contributed by atoms with Gasteiger partial charge in [-0.3, -0.25) is 9.59 Å². The summed E-state index contributed by atoms with van der Waals surface area (Å²) in [5.74, 6) is 1.31. The summed E-state index contributed by atoms with van der Waals surface area (Å²) >= 11 is 5.90. The Morgan fingerprint density at radius 1 is 1.18 bits per heavy atom. The van der Waals surface area contributed by atoms with Crippen molar-refractivity contribution in [3.8, 4) is 11.5 Å². The number of benzene rings is 2. The van der Waals surface area contributed by atoms with Crippen LogP contribution in [0.25, 0.3) is 6.08 Å². The third-order valence-corrected chi connectivity index (χ3v) is 4.98. The molecule has 0 aliphatic carbocycles. The van der Waals surface area contributed by atoms with E-state index in [4.69, 9.17) is 21.1 Å². The lowest BCUT2D eigenvalue weighted by Crippen LogP contribution is -2.30. The number of hydrogen-bond acceptors (Lipinski definition) is 4. The lowest BCUT2D eigenvalue weighted by molar-refractivity contribution is -0.118. The van der Waals surface area contributed by atoms with Crippen molar-refractivity contribution < 1.29 is 19.1 Å². The number of anilines is 1. The lowest BCUT2D eigenvalue weighted by atomic mass is 10.1. The van der Waals surface area contributed by atoms with Crippen LogP contribution in [0.3, 0.4) is 0 Å². The summed E-state index contributed by atoms with van der Waals surface area (Å²) in [6.07, 6.45) is 3.61. The molecule has 1 N–H and O–H groups in total. The monoisotopic (exact) mass is 398 g/mol. The third-order valence-electron chi connectivity index (χ3n) is 4.73. The van der Waals surface area contributed by atoms with E-state index in [2.05, 4.69) is 5.32 Å². The molecule has 2 aromatic carbocycles. The smallest absolute Gasteiger partial charge is 0.244 e. The molecule has 1 atom stereocenters. The van der Waals surface area contributed by atoms with Gasteiger partial charge in [0.25, 0.3) is 0 Å². The summed E-state index contributed by atoms with van der Waals surface area (Å²) in [7, 11) is 0. The molecule has 28 heavy (non-hydrogen) atoms. The first kappa shape index (κ1) is 18.4. The van der Waals surface area contributed by atoms with E-state index in [-0.39, 0.29) is 24.5 Å². The minimum absolute atomic E-state index is 0.0532. The molecule has 144 valence electrons. The van der Waals surface area contributed by atoms with Gasteiger partial charge in [0, 0.05) is 42.2 Å². The number of hydrogen-bond donors (Lipinski definition) is 1. The zero-order chi connectivity index (χ0) is 19.5. The Hall–Kier alpha value is -2.99. The molecule has 0 spiro atoms. The molecule has 0 bridgehead atoms. The Labute approximate surface area is 167 Å². The summed E-state index contributed by atoms with van der Waals surface area (Å²) in [6, 6.07) is 12.7. The van der Waals surface area contributed by atoms with Crippen LogP contribution in [0.4, 0.5) is 5.69 Å². The second kappa shape index (κ2) is 7.94. The summed E-state index contributed by atoms with van der Waals surface area (Å²) in [6.45, 7) is 1.24. The number of carbonyl (C=O) groups is 2. The molecule has 1 saturated heterocycles. The summed E-state index contributed by atoms with van der Waals surface area (Å²) in [5.41, 5.74) is 1.68. The van der Waals surface area contributed by atoms with Gasteiger partial charge in [-0.25, -0.2) is 0 Å². The summed E-state index contributed by atoms with van der Waals surface area (Å²) in [5, 5.41) is 3.50. The normalized spacial score (nSPS) is 18.1. The predicted molar refractivity (Wildman–Crippen MR) is 107 cm³/mol. The van der Waals surface area contributed by atoms with Gasteiger partial charge in [0.2, 0.25) is 18.6 Å². The van der Waals surface area contributed by atoms with Crippen molar-refractivity contribution in [1.82, 2.24) is 5.32 Å². The van der Waals surface area contributed by atoms with Crippen molar-refractivity contribution in [2.24, 2.45) is 5.92 Å². The van der Waals surface area contributed by atoms with Crippen LogP contribution < -0.4 is 19.7 Å². The molecule has 2 aliphatic rings. The number of nitrogens with one attached hydrogen (secondary N) is 1. The van der Waals surface area contributed by atoms with E-state index in [1.54, 1.807) is 23.1 Å². The lowest BCUT2D eigenvalue weighted by Gasteiger charge is -2.17. The van der Waals surface area contributed by atoms with E-state index in [0.717, 1.165) is 11.3 Å². The number of fused-ring (bicyclic) bond motifs is 1. The Morgan fingerprint density at radius 3 is 2.79 bits per heavy atom. The Morgan fingerprint density at radius 2 is 1.96 bits per heavy atom. The van der Waals surface area contributed by atoms with E-state index in [9.17, 15) is 9.59 Å². The number of nitrogens with zero attached hydrogens (tertiary/aromatic N) is 1. The van der Waals surface area contributed by atoms with E-state index in [1.165, 1.54) is 6.08 Å². The first-order valence-corrected chi connectivity index (χ1v) is 9.38. The highest BCUT2D eigenvalue weighted by atomic mass is 35.5. The molecule has 0 aromatic heterocycles. The Kier molecular flexibility index (Phi) is 5.21. The maximum atomic E-state index is 12.3. The molecule has 2 aromatic rings. The average molecular weight is 399 g/mol. The SMILES string of the molecule is O=C(/C=C\c1ccc2c(c1)OCO2)NCC1CC(=O)N(c2ccc(Cl)cc2)C1. The standard InChI is InChI=1S/C21H19ClN2O4/c22-16-3-5-17(6-4-16)24-12-15(10-21(24)26)11-23-20(25)8-2-14-1-7-18-19(9-14)28-13-27-18/h1-9,15H,10-13H2,(H,23,25)/b8-2-. The van der Waals surface area contributed by atoms with E-state index >= 15 is 0 Å². The van der Waals surface area contributed by atoms with Crippen molar-refractivity contribution >= 4 is 35.2 Å². The second-order valence-electron chi connectivity index (χ2n) is 6.74. The van der Waals surface area contributed by atoms with Gasteiger partial charge in [-0.2, -0.15) is 0 Å². The van der Waals surface area contributed by atoms with Crippen LogP contribution in [0, 0.1) is 5.92 Å². The molecule has 0 saturated carbocycles. The number of amides is 2. The zero-order valence-corrected chi connectivity index (χ0v) is 15.8. The highest BCUT2D eigenvalue weighted by Gasteiger charge is 2.30. The molecule has 4 rings (SSSR count). The quantitative estimate of drug-likeness (QED) is 0.785. The Balaban J connectivity index is 1.29. The van der Waals surface area contributed by atoms with Crippen molar-refractivity contribution in [1.29, 1.82) is 0 Å². The number of ether oxygens (including phenoxy) is 2. The van der Waals surface area contributed by atoms with Crippen LogP contribution in [0.5, 0.6) is 11.5 Å². The maximum absolute atomic E-state index is 12.3. The Bertz CT molecular complexity index is 927. The largest absolute Gasteiger partial charge is 0.454 e. The van der Waals surface area contributed by atoms with Crippen molar-refractivity contribution in [2.45, 2.75) is 6.42 Å². The maximum Gasteiger partial charge on any atom is 0.244 e. The number of carbonyl (C=O) groups excluding carboxylic acids is 2. The molecule has 2 aliphatic heterocycles. The first-order chi connectivity index (χ1) is 13.6. The minimum atomic E-state index is -0.199. The molecule has 7 heteroatoms. The molecule has 6 nitrogen and oxygen atoms in total. The third kappa shape index (κ3) is 4.12. The van der Waals surface area contributed by atoms with Crippen molar-refractivity contribution in [3.05, 3.63) is 59.1 Å². The fourth-order valence-electron chi connectivity index (χ4n) is 3.28. The van der Waals surface area contributed by atoms with E-state index in [1.807, 2.05) is 30.3 Å². The molecule has 2 heterocycles.